The number of aromatic nitrogens is 5. The number of nitrogens with zero attached hydrogens (tertiary/aromatic N) is 5. The third-order valence-electron chi connectivity index (χ3n) is 5.82. The summed E-state index contributed by atoms with van der Waals surface area (Å²) < 4.78 is 1.65. The van der Waals surface area contributed by atoms with Crippen molar-refractivity contribution in [1.82, 2.24) is 29.9 Å². The Hall–Kier alpha value is -3.73. The average molecular weight is 465 g/mol. The Labute approximate surface area is 194 Å². The van der Waals surface area contributed by atoms with E-state index in [0.717, 1.165) is 48.1 Å². The number of thiazole rings is 1. The van der Waals surface area contributed by atoms with Gasteiger partial charge in [-0.3, -0.25) is 19.4 Å². The highest BCUT2D eigenvalue weighted by molar-refractivity contribution is 7.17. The Balaban J connectivity index is 1.26. The molecule has 2 amide bonds. The normalized spacial score (nSPS) is 14.5. The summed E-state index contributed by atoms with van der Waals surface area (Å²) in [6, 6.07) is 5.28. The number of hydrogen-bond acceptors (Lipinski definition) is 7. The van der Waals surface area contributed by atoms with Gasteiger partial charge in [-0.05, 0) is 38.3 Å². The van der Waals surface area contributed by atoms with Gasteiger partial charge in [-0.25, -0.2) is 4.98 Å². The first-order chi connectivity index (χ1) is 16.0. The van der Waals surface area contributed by atoms with Crippen molar-refractivity contribution in [3.8, 4) is 0 Å². The summed E-state index contributed by atoms with van der Waals surface area (Å²) in [5.41, 5.74) is 2.53. The molecule has 0 bridgehead atoms. The summed E-state index contributed by atoms with van der Waals surface area (Å²) in [5, 5.41) is 18.9. The van der Waals surface area contributed by atoms with Gasteiger partial charge in [0, 0.05) is 30.7 Å². The number of benzene rings is 1. The molecule has 1 aliphatic rings. The fourth-order valence-corrected chi connectivity index (χ4v) is 4.67. The van der Waals surface area contributed by atoms with E-state index in [0.29, 0.717) is 15.8 Å². The number of aromatic amines is 1. The van der Waals surface area contributed by atoms with Crippen LogP contribution in [0.4, 0.5) is 16.6 Å². The van der Waals surface area contributed by atoms with Gasteiger partial charge in [0.15, 0.2) is 10.9 Å². The molecule has 1 aliphatic heterocycles. The summed E-state index contributed by atoms with van der Waals surface area (Å²) in [4.78, 5) is 32.1. The molecule has 0 saturated carbocycles. The molecule has 33 heavy (non-hydrogen) atoms. The van der Waals surface area contributed by atoms with Crippen molar-refractivity contribution in [3.63, 3.8) is 0 Å². The first-order valence-corrected chi connectivity index (χ1v) is 11.6. The van der Waals surface area contributed by atoms with Crippen LogP contribution in [0.1, 0.15) is 41.0 Å². The second kappa shape index (κ2) is 8.66. The van der Waals surface area contributed by atoms with Crippen LogP contribution in [-0.2, 0) is 4.79 Å². The number of amides is 2. The lowest BCUT2D eigenvalue weighted by molar-refractivity contribution is -0.133. The van der Waals surface area contributed by atoms with Gasteiger partial charge in [0.1, 0.15) is 10.9 Å². The van der Waals surface area contributed by atoms with Crippen LogP contribution in [0.2, 0.25) is 0 Å². The van der Waals surface area contributed by atoms with E-state index in [1.54, 1.807) is 23.1 Å². The molecule has 0 spiro atoms. The van der Waals surface area contributed by atoms with Crippen molar-refractivity contribution < 1.29 is 9.59 Å². The van der Waals surface area contributed by atoms with E-state index in [1.807, 2.05) is 30.9 Å². The van der Waals surface area contributed by atoms with Crippen LogP contribution in [0.25, 0.3) is 10.9 Å². The number of carbonyl (C=O) groups excluding carboxylic acids is 2. The molecule has 1 saturated heterocycles. The maximum absolute atomic E-state index is 12.8. The number of anilines is 3. The van der Waals surface area contributed by atoms with E-state index in [4.69, 9.17) is 0 Å². The lowest BCUT2D eigenvalue weighted by atomic mass is 10.1. The highest BCUT2D eigenvalue weighted by atomic mass is 32.1. The van der Waals surface area contributed by atoms with Crippen LogP contribution in [0.3, 0.4) is 0 Å². The minimum atomic E-state index is -0.370. The molecule has 10 nitrogen and oxygen atoms in total. The van der Waals surface area contributed by atoms with Crippen LogP contribution in [0.15, 0.2) is 36.8 Å². The zero-order chi connectivity index (χ0) is 22.9. The summed E-state index contributed by atoms with van der Waals surface area (Å²) in [7, 11) is 0. The van der Waals surface area contributed by atoms with Crippen molar-refractivity contribution in [2.45, 2.75) is 32.7 Å². The molecule has 11 heteroatoms. The van der Waals surface area contributed by atoms with Crippen molar-refractivity contribution in [3.05, 3.63) is 47.2 Å². The molecule has 1 fully saturated rings. The Kier molecular flexibility index (Phi) is 5.55. The minimum absolute atomic E-state index is 0.0818. The predicted octanol–water partition coefficient (Wildman–Crippen LogP) is 3.70. The van der Waals surface area contributed by atoms with E-state index in [1.165, 1.54) is 17.5 Å². The molecule has 3 N–H and O–H groups in total. The van der Waals surface area contributed by atoms with E-state index < -0.39 is 0 Å². The van der Waals surface area contributed by atoms with E-state index >= 15 is 0 Å². The predicted molar refractivity (Wildman–Crippen MR) is 127 cm³/mol. The van der Waals surface area contributed by atoms with Crippen molar-refractivity contribution in [2.24, 2.45) is 0 Å². The van der Waals surface area contributed by atoms with Gasteiger partial charge in [0.05, 0.1) is 23.6 Å². The number of likely N-dealkylation sites (tertiary alicyclic amines) is 1. The number of H-pyrrole nitrogens is 1. The van der Waals surface area contributed by atoms with Crippen molar-refractivity contribution in [2.75, 3.05) is 23.7 Å². The molecular weight excluding hydrogens is 440 g/mol. The number of aryl methyl sites for hydroxylation is 1. The number of rotatable bonds is 6. The van der Waals surface area contributed by atoms with Gasteiger partial charge in [-0.1, -0.05) is 17.4 Å². The SMILES string of the molecule is Cc1ccc2[nH]ncc2c1NC(=O)c1cnc(Nc2ccn(C(C)C(=O)N3CCCC3)n2)s1. The van der Waals surface area contributed by atoms with Gasteiger partial charge in [0.2, 0.25) is 5.91 Å². The minimum Gasteiger partial charge on any atom is -0.341 e. The Morgan fingerprint density at radius 2 is 2.00 bits per heavy atom. The van der Waals surface area contributed by atoms with Crippen molar-refractivity contribution in [1.29, 1.82) is 0 Å². The average Bonchev–Trinajstić information content (AvgIpc) is 3.61. The standard InChI is InChI=1S/C22H24N8O2S/c1-13-5-6-16-15(11-24-27-16)19(13)26-20(31)17-12-23-22(33-17)25-18-7-10-30(28-18)14(2)21(32)29-8-3-4-9-29/h5-7,10-12,14H,3-4,8-9H2,1-2H3,(H,24,27)(H,26,31)(H,23,25,28). The lowest BCUT2D eigenvalue weighted by Crippen LogP contribution is -2.34. The highest BCUT2D eigenvalue weighted by Crippen LogP contribution is 2.28. The summed E-state index contributed by atoms with van der Waals surface area (Å²) in [6.45, 7) is 5.42. The van der Waals surface area contributed by atoms with E-state index in [-0.39, 0.29) is 17.9 Å². The third kappa shape index (κ3) is 4.19. The zero-order valence-corrected chi connectivity index (χ0v) is 19.1. The molecule has 170 valence electrons. The first kappa shape index (κ1) is 21.1. The quantitative estimate of drug-likeness (QED) is 0.400. The third-order valence-corrected chi connectivity index (χ3v) is 6.73. The summed E-state index contributed by atoms with van der Waals surface area (Å²) >= 11 is 1.23. The smallest absolute Gasteiger partial charge is 0.267 e. The van der Waals surface area contributed by atoms with Crippen LogP contribution in [0.5, 0.6) is 0 Å². The fraction of sp³-hybridized carbons (Fsp3) is 0.318. The molecule has 0 radical (unpaired) electrons. The van der Waals surface area contributed by atoms with Gasteiger partial charge in [0.25, 0.3) is 5.91 Å². The monoisotopic (exact) mass is 464 g/mol. The van der Waals surface area contributed by atoms with Crippen LogP contribution < -0.4 is 10.6 Å². The molecule has 1 aromatic carbocycles. The van der Waals surface area contributed by atoms with Gasteiger partial charge < -0.3 is 15.5 Å². The first-order valence-electron chi connectivity index (χ1n) is 10.8. The van der Waals surface area contributed by atoms with E-state index in [2.05, 4.69) is 30.9 Å². The fourth-order valence-electron chi connectivity index (χ4n) is 3.95. The summed E-state index contributed by atoms with van der Waals surface area (Å²) in [5.74, 6) is 0.405. The molecule has 1 unspecified atom stereocenters. The highest BCUT2D eigenvalue weighted by Gasteiger charge is 2.25. The Morgan fingerprint density at radius 1 is 1.18 bits per heavy atom. The molecule has 4 heterocycles. The van der Waals surface area contributed by atoms with Crippen LogP contribution >= 0.6 is 11.3 Å². The van der Waals surface area contributed by atoms with Gasteiger partial charge in [-0.2, -0.15) is 10.2 Å². The maximum Gasteiger partial charge on any atom is 0.267 e. The zero-order valence-electron chi connectivity index (χ0n) is 18.3. The number of carbonyl (C=O) groups is 2. The molecule has 5 rings (SSSR count). The number of hydrogen-bond donors (Lipinski definition) is 3. The lowest BCUT2D eigenvalue weighted by Gasteiger charge is -2.20. The largest absolute Gasteiger partial charge is 0.341 e. The second-order valence-electron chi connectivity index (χ2n) is 8.09. The van der Waals surface area contributed by atoms with Gasteiger partial charge in [-0.15, -0.1) is 0 Å². The Bertz CT molecular complexity index is 1320. The van der Waals surface area contributed by atoms with Crippen LogP contribution in [0, 0.1) is 6.92 Å². The topological polar surface area (TPSA) is 121 Å². The summed E-state index contributed by atoms with van der Waals surface area (Å²) in [6.07, 6.45) is 7.12. The Morgan fingerprint density at radius 3 is 2.82 bits per heavy atom. The van der Waals surface area contributed by atoms with Crippen LogP contribution in [-0.4, -0.2) is 54.8 Å². The second-order valence-corrected chi connectivity index (χ2v) is 9.12. The molecule has 0 aliphatic carbocycles. The molecule has 3 aromatic heterocycles. The molecule has 1 atom stereocenters. The van der Waals surface area contributed by atoms with Crippen molar-refractivity contribution >= 4 is 50.7 Å². The van der Waals surface area contributed by atoms with E-state index in [9.17, 15) is 9.59 Å². The number of nitrogens with one attached hydrogen (secondary N) is 3. The number of fused-ring (bicyclic) bond motifs is 1. The van der Waals surface area contributed by atoms with Gasteiger partial charge >= 0.3 is 0 Å². The molecular formula is C22H24N8O2S. The maximum atomic E-state index is 12.8. The molecule has 4 aromatic rings.